The third-order valence-corrected chi connectivity index (χ3v) is 1.80. The minimum atomic E-state index is 0.575. The molecule has 2 heteroatoms. The fourth-order valence-corrected chi connectivity index (χ4v) is 1.11. The predicted molar refractivity (Wildman–Crippen MR) is 47.6 cm³/mol. The summed E-state index contributed by atoms with van der Waals surface area (Å²) in [6, 6.07) is 5.95. The molecule has 12 heavy (non-hydrogen) atoms. The van der Waals surface area contributed by atoms with Gasteiger partial charge in [-0.3, -0.25) is 0 Å². The summed E-state index contributed by atoms with van der Waals surface area (Å²) in [7, 11) is 0. The Morgan fingerprint density at radius 3 is 3.08 bits per heavy atom. The molecule has 0 radical (unpaired) electrons. The van der Waals surface area contributed by atoms with Crippen LogP contribution >= 0.6 is 0 Å². The van der Waals surface area contributed by atoms with E-state index in [9.17, 15) is 0 Å². The standard InChI is InChI=1S/C10H12N2/c1-2-3-5-9-6-4-7-12-10(9)8-11/h4,6-7H,2-3,5H2,1H3. The fraction of sp³-hybridized carbons (Fsp3) is 0.400. The van der Waals surface area contributed by atoms with Crippen LogP contribution in [0.3, 0.4) is 0 Å². The highest BCUT2D eigenvalue weighted by Gasteiger charge is 1.99. The lowest BCUT2D eigenvalue weighted by atomic mass is 10.1. The van der Waals surface area contributed by atoms with Gasteiger partial charge in [-0.15, -0.1) is 0 Å². The maximum Gasteiger partial charge on any atom is 0.143 e. The van der Waals surface area contributed by atoms with E-state index in [0.717, 1.165) is 24.8 Å². The monoisotopic (exact) mass is 160 g/mol. The first kappa shape index (κ1) is 8.73. The van der Waals surface area contributed by atoms with Gasteiger partial charge < -0.3 is 0 Å². The van der Waals surface area contributed by atoms with E-state index in [2.05, 4.69) is 18.0 Å². The van der Waals surface area contributed by atoms with Gasteiger partial charge in [0.1, 0.15) is 11.8 Å². The summed E-state index contributed by atoms with van der Waals surface area (Å²) in [5, 5.41) is 8.71. The minimum absolute atomic E-state index is 0.575. The van der Waals surface area contributed by atoms with Gasteiger partial charge >= 0.3 is 0 Å². The van der Waals surface area contributed by atoms with E-state index in [1.165, 1.54) is 0 Å². The topological polar surface area (TPSA) is 36.7 Å². The van der Waals surface area contributed by atoms with Gasteiger partial charge in [-0.2, -0.15) is 5.26 Å². The SMILES string of the molecule is CCCCc1cccnc1C#N. The van der Waals surface area contributed by atoms with Gasteiger partial charge in [0, 0.05) is 6.20 Å². The highest BCUT2D eigenvalue weighted by Crippen LogP contribution is 2.07. The van der Waals surface area contributed by atoms with Gasteiger partial charge in [-0.05, 0) is 24.5 Å². The Morgan fingerprint density at radius 2 is 2.42 bits per heavy atom. The normalized spacial score (nSPS) is 9.33. The summed E-state index contributed by atoms with van der Waals surface area (Å²) in [5.41, 5.74) is 1.65. The van der Waals surface area contributed by atoms with Gasteiger partial charge in [0.2, 0.25) is 0 Å². The Bertz CT molecular complexity index is 286. The summed E-state index contributed by atoms with van der Waals surface area (Å²) >= 11 is 0. The summed E-state index contributed by atoms with van der Waals surface area (Å²) in [4.78, 5) is 3.99. The molecule has 0 saturated heterocycles. The zero-order chi connectivity index (χ0) is 8.81. The highest BCUT2D eigenvalue weighted by atomic mass is 14.7. The second-order valence-corrected chi connectivity index (χ2v) is 2.73. The van der Waals surface area contributed by atoms with Crippen molar-refractivity contribution in [2.24, 2.45) is 0 Å². The van der Waals surface area contributed by atoms with Crippen molar-refractivity contribution < 1.29 is 0 Å². The van der Waals surface area contributed by atoms with Crippen LogP contribution in [-0.4, -0.2) is 4.98 Å². The van der Waals surface area contributed by atoms with Crippen LogP contribution in [0.4, 0.5) is 0 Å². The van der Waals surface area contributed by atoms with E-state index in [4.69, 9.17) is 5.26 Å². The van der Waals surface area contributed by atoms with Gasteiger partial charge in [-0.1, -0.05) is 19.4 Å². The van der Waals surface area contributed by atoms with Crippen molar-refractivity contribution in [3.63, 3.8) is 0 Å². The molecule has 0 unspecified atom stereocenters. The number of aryl methyl sites for hydroxylation is 1. The first-order valence-corrected chi connectivity index (χ1v) is 4.22. The Balaban J connectivity index is 2.77. The molecule has 1 aromatic rings. The van der Waals surface area contributed by atoms with Crippen LogP contribution in [-0.2, 0) is 6.42 Å². The molecule has 0 fully saturated rings. The highest BCUT2D eigenvalue weighted by molar-refractivity contribution is 5.30. The Hall–Kier alpha value is -1.36. The van der Waals surface area contributed by atoms with Crippen molar-refractivity contribution in [1.29, 1.82) is 5.26 Å². The summed E-state index contributed by atoms with van der Waals surface area (Å²) in [6.07, 6.45) is 4.90. The molecule has 2 nitrogen and oxygen atoms in total. The van der Waals surface area contributed by atoms with E-state index in [-0.39, 0.29) is 0 Å². The van der Waals surface area contributed by atoms with Gasteiger partial charge in [-0.25, -0.2) is 4.98 Å². The molecule has 1 rings (SSSR count). The lowest BCUT2D eigenvalue weighted by Gasteiger charge is -1.99. The van der Waals surface area contributed by atoms with Crippen molar-refractivity contribution in [3.05, 3.63) is 29.6 Å². The smallest absolute Gasteiger partial charge is 0.143 e. The molecular weight excluding hydrogens is 148 g/mol. The quantitative estimate of drug-likeness (QED) is 0.680. The zero-order valence-corrected chi connectivity index (χ0v) is 7.25. The molecule has 0 aliphatic heterocycles. The van der Waals surface area contributed by atoms with Gasteiger partial charge in [0.25, 0.3) is 0 Å². The number of nitriles is 1. The second kappa shape index (κ2) is 4.50. The number of unbranched alkanes of at least 4 members (excludes halogenated alkanes) is 1. The molecule has 0 amide bonds. The van der Waals surface area contributed by atoms with E-state index in [1.54, 1.807) is 6.20 Å². The van der Waals surface area contributed by atoms with Gasteiger partial charge in [0.05, 0.1) is 0 Å². The van der Waals surface area contributed by atoms with Crippen molar-refractivity contribution in [1.82, 2.24) is 4.98 Å². The van der Waals surface area contributed by atoms with Crippen LogP contribution in [0.5, 0.6) is 0 Å². The molecule has 62 valence electrons. The summed E-state index contributed by atoms with van der Waals surface area (Å²) in [5.74, 6) is 0. The van der Waals surface area contributed by atoms with Crippen LogP contribution in [0, 0.1) is 11.3 Å². The first-order valence-electron chi connectivity index (χ1n) is 4.22. The molecule has 0 saturated carbocycles. The lowest BCUT2D eigenvalue weighted by Crippen LogP contribution is -1.92. The zero-order valence-electron chi connectivity index (χ0n) is 7.25. The number of nitrogens with zero attached hydrogens (tertiary/aromatic N) is 2. The van der Waals surface area contributed by atoms with Crippen LogP contribution < -0.4 is 0 Å². The molecule has 0 aliphatic rings. The summed E-state index contributed by atoms with van der Waals surface area (Å²) < 4.78 is 0. The second-order valence-electron chi connectivity index (χ2n) is 2.73. The third kappa shape index (κ3) is 2.06. The molecule has 1 heterocycles. The molecular formula is C10H12N2. The maximum absolute atomic E-state index is 8.71. The van der Waals surface area contributed by atoms with Crippen LogP contribution in [0.25, 0.3) is 0 Å². The molecule has 1 aromatic heterocycles. The van der Waals surface area contributed by atoms with Crippen LogP contribution in [0.2, 0.25) is 0 Å². The van der Waals surface area contributed by atoms with Crippen molar-refractivity contribution in [2.75, 3.05) is 0 Å². The number of hydrogen-bond donors (Lipinski definition) is 0. The third-order valence-electron chi connectivity index (χ3n) is 1.80. The average molecular weight is 160 g/mol. The molecule has 0 spiro atoms. The lowest BCUT2D eigenvalue weighted by molar-refractivity contribution is 0.790. The maximum atomic E-state index is 8.71. The van der Waals surface area contributed by atoms with E-state index in [1.807, 2.05) is 12.1 Å². The van der Waals surface area contributed by atoms with E-state index < -0.39 is 0 Å². The minimum Gasteiger partial charge on any atom is -0.245 e. The molecule has 0 aromatic carbocycles. The van der Waals surface area contributed by atoms with E-state index >= 15 is 0 Å². The van der Waals surface area contributed by atoms with E-state index in [0.29, 0.717) is 5.69 Å². The average Bonchev–Trinajstić information content (AvgIpc) is 2.15. The predicted octanol–water partition coefficient (Wildman–Crippen LogP) is 2.30. The van der Waals surface area contributed by atoms with Crippen molar-refractivity contribution >= 4 is 0 Å². The Kier molecular flexibility index (Phi) is 3.28. The number of pyridine rings is 1. The molecule has 0 bridgehead atoms. The van der Waals surface area contributed by atoms with Crippen LogP contribution in [0.1, 0.15) is 31.0 Å². The first-order chi connectivity index (χ1) is 5.88. The molecule has 0 N–H and O–H groups in total. The fourth-order valence-electron chi connectivity index (χ4n) is 1.11. The number of aromatic nitrogens is 1. The molecule has 0 atom stereocenters. The van der Waals surface area contributed by atoms with Gasteiger partial charge in [0.15, 0.2) is 0 Å². The Morgan fingerprint density at radius 1 is 1.58 bits per heavy atom. The largest absolute Gasteiger partial charge is 0.245 e. The van der Waals surface area contributed by atoms with Crippen LogP contribution in [0.15, 0.2) is 18.3 Å². The number of hydrogen-bond acceptors (Lipinski definition) is 2. The summed E-state index contributed by atoms with van der Waals surface area (Å²) in [6.45, 7) is 2.14. The number of rotatable bonds is 3. The van der Waals surface area contributed by atoms with Crippen molar-refractivity contribution in [3.8, 4) is 6.07 Å². The van der Waals surface area contributed by atoms with Crippen molar-refractivity contribution in [2.45, 2.75) is 26.2 Å². The Labute approximate surface area is 72.9 Å². The molecule has 0 aliphatic carbocycles.